The zero-order chi connectivity index (χ0) is 16.9. The lowest BCUT2D eigenvalue weighted by Gasteiger charge is -2.22. The van der Waals surface area contributed by atoms with Crippen LogP contribution < -0.4 is 10.6 Å². The zero-order valence-electron chi connectivity index (χ0n) is 14.1. The third-order valence-electron chi connectivity index (χ3n) is 4.43. The maximum Gasteiger partial charge on any atom is 0.253 e. The third-order valence-corrected chi connectivity index (χ3v) is 4.43. The van der Waals surface area contributed by atoms with E-state index in [0.29, 0.717) is 17.8 Å². The minimum absolute atomic E-state index is 0.0839. The highest BCUT2D eigenvalue weighted by atomic mass is 16.5. The summed E-state index contributed by atoms with van der Waals surface area (Å²) in [4.78, 5) is 24.7. The summed E-state index contributed by atoms with van der Waals surface area (Å²) < 4.78 is 5.51. The summed E-state index contributed by atoms with van der Waals surface area (Å²) in [5.41, 5.74) is 0.552. The van der Waals surface area contributed by atoms with Crippen LogP contribution in [-0.2, 0) is 9.53 Å². The molecule has 1 fully saturated rings. The number of hydrogen-bond acceptors (Lipinski definition) is 3. The SMILES string of the molecule is CCC(C)(C)C(=O)Nc1ccccc1C(=O)NCC1CCCO1. The molecule has 1 unspecified atom stereocenters. The molecule has 5 nitrogen and oxygen atoms in total. The van der Waals surface area contributed by atoms with E-state index in [1.807, 2.05) is 26.8 Å². The zero-order valence-corrected chi connectivity index (χ0v) is 14.1. The van der Waals surface area contributed by atoms with Gasteiger partial charge < -0.3 is 15.4 Å². The summed E-state index contributed by atoms with van der Waals surface area (Å²) in [6, 6.07) is 7.08. The summed E-state index contributed by atoms with van der Waals surface area (Å²) >= 11 is 0. The van der Waals surface area contributed by atoms with Crippen molar-refractivity contribution < 1.29 is 14.3 Å². The number of ether oxygens (including phenoxy) is 1. The minimum Gasteiger partial charge on any atom is -0.376 e. The van der Waals surface area contributed by atoms with Crippen molar-refractivity contribution in [2.75, 3.05) is 18.5 Å². The van der Waals surface area contributed by atoms with Gasteiger partial charge in [0.25, 0.3) is 5.91 Å². The third kappa shape index (κ3) is 4.55. The van der Waals surface area contributed by atoms with Crippen LogP contribution in [0.2, 0.25) is 0 Å². The average Bonchev–Trinajstić information content (AvgIpc) is 3.06. The van der Waals surface area contributed by atoms with E-state index in [-0.39, 0.29) is 17.9 Å². The van der Waals surface area contributed by atoms with Crippen LogP contribution in [0.15, 0.2) is 24.3 Å². The molecule has 1 heterocycles. The highest BCUT2D eigenvalue weighted by Crippen LogP contribution is 2.24. The quantitative estimate of drug-likeness (QED) is 0.847. The fourth-order valence-electron chi connectivity index (χ4n) is 2.35. The molecule has 2 rings (SSSR count). The fourth-order valence-corrected chi connectivity index (χ4v) is 2.35. The highest BCUT2D eigenvalue weighted by molar-refractivity contribution is 6.04. The topological polar surface area (TPSA) is 67.4 Å². The van der Waals surface area contributed by atoms with Gasteiger partial charge in [0.15, 0.2) is 0 Å². The summed E-state index contributed by atoms with van der Waals surface area (Å²) in [7, 11) is 0. The number of anilines is 1. The molecule has 1 aliphatic rings. The molecule has 1 aromatic rings. The van der Waals surface area contributed by atoms with Gasteiger partial charge in [-0.05, 0) is 31.4 Å². The predicted molar refractivity (Wildman–Crippen MR) is 90.5 cm³/mol. The van der Waals surface area contributed by atoms with Crippen molar-refractivity contribution in [1.82, 2.24) is 5.32 Å². The Morgan fingerprint density at radius 1 is 1.30 bits per heavy atom. The van der Waals surface area contributed by atoms with Crippen LogP contribution >= 0.6 is 0 Å². The van der Waals surface area contributed by atoms with Gasteiger partial charge in [-0.2, -0.15) is 0 Å². The number of carbonyl (C=O) groups is 2. The molecular formula is C18H26N2O3. The second-order valence-electron chi connectivity index (χ2n) is 6.58. The first-order chi connectivity index (χ1) is 10.9. The van der Waals surface area contributed by atoms with E-state index < -0.39 is 5.41 Å². The number of benzene rings is 1. The van der Waals surface area contributed by atoms with Crippen molar-refractivity contribution in [3.8, 4) is 0 Å². The Morgan fingerprint density at radius 2 is 2.04 bits per heavy atom. The Morgan fingerprint density at radius 3 is 2.70 bits per heavy atom. The Labute approximate surface area is 137 Å². The van der Waals surface area contributed by atoms with Gasteiger partial charge in [-0.3, -0.25) is 9.59 Å². The first kappa shape index (κ1) is 17.5. The average molecular weight is 318 g/mol. The van der Waals surface area contributed by atoms with E-state index in [0.717, 1.165) is 25.9 Å². The first-order valence-electron chi connectivity index (χ1n) is 8.24. The summed E-state index contributed by atoms with van der Waals surface area (Å²) in [6.45, 7) is 7.02. The van der Waals surface area contributed by atoms with Gasteiger partial charge in [0.05, 0.1) is 17.4 Å². The van der Waals surface area contributed by atoms with Gasteiger partial charge in [0, 0.05) is 18.6 Å². The van der Waals surface area contributed by atoms with Crippen molar-refractivity contribution in [3.05, 3.63) is 29.8 Å². The fraction of sp³-hybridized carbons (Fsp3) is 0.556. The van der Waals surface area contributed by atoms with Crippen LogP contribution in [0.1, 0.15) is 50.4 Å². The molecule has 0 saturated carbocycles. The van der Waals surface area contributed by atoms with E-state index in [4.69, 9.17) is 4.74 Å². The largest absolute Gasteiger partial charge is 0.376 e. The standard InChI is InChI=1S/C18H26N2O3/c1-4-18(2,3)17(22)20-15-10-6-5-9-14(15)16(21)19-12-13-8-7-11-23-13/h5-6,9-10,13H,4,7-8,11-12H2,1-3H3,(H,19,21)(H,20,22). The second kappa shape index (κ2) is 7.59. The van der Waals surface area contributed by atoms with Gasteiger partial charge in [0.1, 0.15) is 0 Å². The van der Waals surface area contributed by atoms with Crippen LogP contribution in [0.25, 0.3) is 0 Å². The van der Waals surface area contributed by atoms with Crippen LogP contribution in [0, 0.1) is 5.41 Å². The molecule has 23 heavy (non-hydrogen) atoms. The number of hydrogen-bond donors (Lipinski definition) is 2. The van der Waals surface area contributed by atoms with Crippen molar-refractivity contribution in [1.29, 1.82) is 0 Å². The van der Waals surface area contributed by atoms with Crippen molar-refractivity contribution in [3.63, 3.8) is 0 Å². The maximum absolute atomic E-state index is 12.4. The lowest BCUT2D eigenvalue weighted by Crippen LogP contribution is -2.34. The number of amides is 2. The van der Waals surface area contributed by atoms with Crippen LogP contribution in [0.4, 0.5) is 5.69 Å². The van der Waals surface area contributed by atoms with E-state index in [9.17, 15) is 9.59 Å². The Kier molecular flexibility index (Phi) is 5.77. The van der Waals surface area contributed by atoms with Crippen LogP contribution in [-0.4, -0.2) is 31.1 Å². The number of carbonyl (C=O) groups excluding carboxylic acids is 2. The second-order valence-corrected chi connectivity index (χ2v) is 6.58. The number of rotatable bonds is 6. The number of para-hydroxylation sites is 1. The number of nitrogens with one attached hydrogen (secondary N) is 2. The molecular weight excluding hydrogens is 292 g/mol. The van der Waals surface area contributed by atoms with Gasteiger partial charge in [0.2, 0.25) is 5.91 Å². The molecule has 0 aliphatic carbocycles. The molecule has 1 aromatic carbocycles. The molecule has 0 aromatic heterocycles. The van der Waals surface area contributed by atoms with E-state index in [2.05, 4.69) is 10.6 Å². The molecule has 126 valence electrons. The smallest absolute Gasteiger partial charge is 0.253 e. The van der Waals surface area contributed by atoms with Gasteiger partial charge in [-0.15, -0.1) is 0 Å². The molecule has 1 aliphatic heterocycles. The highest BCUT2D eigenvalue weighted by Gasteiger charge is 2.26. The van der Waals surface area contributed by atoms with Crippen molar-refractivity contribution in [2.45, 2.75) is 46.1 Å². The monoisotopic (exact) mass is 318 g/mol. The Bertz CT molecular complexity index is 563. The summed E-state index contributed by atoms with van der Waals surface area (Å²) in [5, 5.41) is 5.77. The molecule has 2 amide bonds. The molecule has 0 spiro atoms. The van der Waals surface area contributed by atoms with Gasteiger partial charge in [-0.1, -0.05) is 32.9 Å². The molecule has 0 radical (unpaired) electrons. The molecule has 5 heteroatoms. The molecule has 1 saturated heterocycles. The lowest BCUT2D eigenvalue weighted by atomic mass is 9.89. The van der Waals surface area contributed by atoms with Crippen LogP contribution in [0.5, 0.6) is 0 Å². The summed E-state index contributed by atoms with van der Waals surface area (Å²) in [6.07, 6.45) is 2.84. The van der Waals surface area contributed by atoms with E-state index in [1.54, 1.807) is 18.2 Å². The van der Waals surface area contributed by atoms with E-state index in [1.165, 1.54) is 0 Å². The molecule has 0 bridgehead atoms. The first-order valence-corrected chi connectivity index (χ1v) is 8.24. The minimum atomic E-state index is -0.471. The predicted octanol–water partition coefficient (Wildman–Crippen LogP) is 2.97. The Balaban J connectivity index is 2.04. The Hall–Kier alpha value is -1.88. The normalized spacial score (nSPS) is 17.8. The molecule has 2 N–H and O–H groups in total. The maximum atomic E-state index is 12.4. The van der Waals surface area contributed by atoms with E-state index >= 15 is 0 Å². The summed E-state index contributed by atoms with van der Waals surface area (Å²) in [5.74, 6) is -0.273. The lowest BCUT2D eigenvalue weighted by molar-refractivity contribution is -0.124. The van der Waals surface area contributed by atoms with Crippen molar-refractivity contribution >= 4 is 17.5 Å². The molecule has 1 atom stereocenters. The van der Waals surface area contributed by atoms with Crippen LogP contribution in [0.3, 0.4) is 0 Å². The van der Waals surface area contributed by atoms with Crippen molar-refractivity contribution in [2.24, 2.45) is 5.41 Å². The van der Waals surface area contributed by atoms with Gasteiger partial charge in [-0.25, -0.2) is 0 Å². The van der Waals surface area contributed by atoms with Gasteiger partial charge >= 0.3 is 0 Å².